The second-order valence-electron chi connectivity index (χ2n) is 9.32. The van der Waals surface area contributed by atoms with E-state index in [0.717, 1.165) is 62.9 Å². The molecule has 3 heteroatoms. The number of aryl methyl sites for hydroxylation is 1. The summed E-state index contributed by atoms with van der Waals surface area (Å²) in [4.78, 5) is 0. The van der Waals surface area contributed by atoms with Crippen molar-refractivity contribution in [2.24, 2.45) is 11.8 Å². The van der Waals surface area contributed by atoms with Crippen molar-refractivity contribution in [3.8, 4) is 0 Å². The number of rotatable bonds is 10. The van der Waals surface area contributed by atoms with Crippen LogP contribution in [0.3, 0.4) is 0 Å². The van der Waals surface area contributed by atoms with Gasteiger partial charge in [-0.15, -0.1) is 0 Å². The van der Waals surface area contributed by atoms with Crippen molar-refractivity contribution in [1.29, 1.82) is 0 Å². The van der Waals surface area contributed by atoms with E-state index >= 15 is 0 Å². The van der Waals surface area contributed by atoms with Crippen LogP contribution < -0.4 is 0 Å². The number of benzene rings is 1. The van der Waals surface area contributed by atoms with Crippen LogP contribution in [0.15, 0.2) is 18.2 Å². The molecule has 0 spiro atoms. The summed E-state index contributed by atoms with van der Waals surface area (Å²) < 4.78 is 26.9. The highest BCUT2D eigenvalue weighted by molar-refractivity contribution is 5.27. The molecule has 1 saturated carbocycles. The largest absolute Gasteiger partial charge is 0.352 e. The van der Waals surface area contributed by atoms with E-state index < -0.39 is 0 Å². The molecule has 1 aromatic carbocycles. The van der Waals surface area contributed by atoms with Crippen LogP contribution in [0.1, 0.15) is 102 Å². The van der Waals surface area contributed by atoms with Crippen LogP contribution in [0, 0.1) is 17.7 Å². The maximum atomic E-state index is 14.7. The van der Waals surface area contributed by atoms with Gasteiger partial charge in [0.25, 0.3) is 0 Å². The van der Waals surface area contributed by atoms with E-state index in [1.807, 2.05) is 0 Å². The lowest BCUT2D eigenvalue weighted by atomic mass is 9.78. The second-order valence-corrected chi connectivity index (χ2v) is 9.32. The molecule has 29 heavy (non-hydrogen) atoms. The average molecular weight is 405 g/mol. The van der Waals surface area contributed by atoms with Crippen LogP contribution in [0.2, 0.25) is 0 Å². The monoisotopic (exact) mass is 404 g/mol. The number of hydrogen-bond acceptors (Lipinski definition) is 2. The van der Waals surface area contributed by atoms with Crippen molar-refractivity contribution in [3.05, 3.63) is 35.1 Å². The summed E-state index contributed by atoms with van der Waals surface area (Å²) in [6.45, 7) is 6.15. The number of halogens is 1. The first-order chi connectivity index (χ1) is 14.2. The average Bonchev–Trinajstić information content (AvgIpc) is 2.75. The zero-order valence-corrected chi connectivity index (χ0v) is 18.6. The molecule has 2 nitrogen and oxygen atoms in total. The molecule has 0 N–H and O–H groups in total. The van der Waals surface area contributed by atoms with E-state index in [0.29, 0.717) is 17.8 Å². The van der Waals surface area contributed by atoms with Gasteiger partial charge in [-0.2, -0.15) is 0 Å². The standard InChI is InChI=1S/C26H41FO2/c1-3-5-7-9-20-11-16-24(25(27)17-20)22-12-14-23(15-13-22)26-28-18-21(19-29-26)10-8-6-4-2/h11,16-17,21-23,26H,3-10,12-15,18-19H2,1-2H3/t21?,22-,23-,26?. The summed E-state index contributed by atoms with van der Waals surface area (Å²) in [6.07, 6.45) is 13.9. The van der Waals surface area contributed by atoms with E-state index in [9.17, 15) is 4.39 Å². The number of unbranched alkanes of at least 4 members (excludes halogenated alkanes) is 4. The van der Waals surface area contributed by atoms with Gasteiger partial charge in [-0.3, -0.25) is 0 Å². The maximum absolute atomic E-state index is 14.7. The van der Waals surface area contributed by atoms with E-state index in [1.54, 1.807) is 6.07 Å². The van der Waals surface area contributed by atoms with Crippen molar-refractivity contribution >= 4 is 0 Å². The SMILES string of the molecule is CCCCCc1ccc([C@H]2CC[C@H](C3OCC(CCCCC)CO3)CC2)c(F)c1. The summed E-state index contributed by atoms with van der Waals surface area (Å²) >= 11 is 0. The number of ether oxygens (including phenoxy) is 2. The molecular formula is C26H41FO2. The third-order valence-corrected chi connectivity index (χ3v) is 6.94. The molecule has 0 amide bonds. The lowest BCUT2D eigenvalue weighted by molar-refractivity contribution is -0.229. The lowest BCUT2D eigenvalue weighted by Crippen LogP contribution is -2.38. The third kappa shape index (κ3) is 6.79. The Morgan fingerprint density at radius 1 is 0.897 bits per heavy atom. The molecule has 3 rings (SSSR count). The summed E-state index contributed by atoms with van der Waals surface area (Å²) in [5, 5.41) is 0. The second kappa shape index (κ2) is 12.1. The Bertz CT molecular complexity index is 586. The quantitative estimate of drug-likeness (QED) is 0.378. The predicted octanol–water partition coefficient (Wildman–Crippen LogP) is 7.40. The van der Waals surface area contributed by atoms with Crippen LogP contribution in [0.5, 0.6) is 0 Å². The highest BCUT2D eigenvalue weighted by Gasteiger charge is 2.33. The van der Waals surface area contributed by atoms with Crippen molar-refractivity contribution in [2.75, 3.05) is 13.2 Å². The lowest BCUT2D eigenvalue weighted by Gasteiger charge is -2.37. The van der Waals surface area contributed by atoms with Gasteiger partial charge in [0.1, 0.15) is 5.82 Å². The molecule has 1 aliphatic heterocycles. The maximum Gasteiger partial charge on any atom is 0.160 e. The summed E-state index contributed by atoms with van der Waals surface area (Å²) in [7, 11) is 0. The van der Waals surface area contributed by atoms with Gasteiger partial charge < -0.3 is 9.47 Å². The highest BCUT2D eigenvalue weighted by Crippen LogP contribution is 2.40. The van der Waals surface area contributed by atoms with Crippen molar-refractivity contribution in [1.82, 2.24) is 0 Å². The zero-order valence-electron chi connectivity index (χ0n) is 18.6. The molecule has 0 atom stereocenters. The Balaban J connectivity index is 1.42. The molecule has 164 valence electrons. The van der Waals surface area contributed by atoms with Crippen LogP contribution in [0.25, 0.3) is 0 Å². The zero-order chi connectivity index (χ0) is 20.5. The van der Waals surface area contributed by atoms with Gasteiger partial charge >= 0.3 is 0 Å². The van der Waals surface area contributed by atoms with Crippen LogP contribution in [-0.4, -0.2) is 19.5 Å². The molecule has 1 heterocycles. The van der Waals surface area contributed by atoms with Gasteiger partial charge in [0, 0.05) is 11.8 Å². The molecule has 2 fully saturated rings. The molecular weight excluding hydrogens is 363 g/mol. The molecule has 0 bridgehead atoms. The van der Waals surface area contributed by atoms with Crippen LogP contribution in [-0.2, 0) is 15.9 Å². The molecule has 2 aliphatic rings. The highest BCUT2D eigenvalue weighted by atomic mass is 19.1. The minimum atomic E-state index is -0.0378. The van der Waals surface area contributed by atoms with E-state index in [-0.39, 0.29) is 12.1 Å². The first-order valence-electron chi connectivity index (χ1n) is 12.2. The summed E-state index contributed by atoms with van der Waals surface area (Å²) in [6, 6.07) is 5.98. The third-order valence-electron chi connectivity index (χ3n) is 6.94. The molecule has 0 unspecified atom stereocenters. The normalized spacial score (nSPS) is 27.8. The Morgan fingerprint density at radius 2 is 1.59 bits per heavy atom. The van der Waals surface area contributed by atoms with E-state index in [4.69, 9.17) is 9.47 Å². The van der Waals surface area contributed by atoms with Gasteiger partial charge in [-0.1, -0.05) is 58.1 Å². The molecule has 0 radical (unpaired) electrons. The van der Waals surface area contributed by atoms with Crippen molar-refractivity contribution < 1.29 is 13.9 Å². The van der Waals surface area contributed by atoms with Gasteiger partial charge in [0.15, 0.2) is 6.29 Å². The topological polar surface area (TPSA) is 18.5 Å². The summed E-state index contributed by atoms with van der Waals surface area (Å²) in [5.74, 6) is 1.39. The van der Waals surface area contributed by atoms with Crippen LogP contribution >= 0.6 is 0 Å². The predicted molar refractivity (Wildman–Crippen MR) is 118 cm³/mol. The minimum Gasteiger partial charge on any atom is -0.352 e. The van der Waals surface area contributed by atoms with Crippen molar-refractivity contribution in [3.63, 3.8) is 0 Å². The fourth-order valence-electron chi connectivity index (χ4n) is 5.02. The molecule has 1 aliphatic carbocycles. The van der Waals surface area contributed by atoms with E-state index in [2.05, 4.69) is 26.0 Å². The number of hydrogen-bond donors (Lipinski definition) is 0. The molecule has 1 aromatic rings. The fourth-order valence-corrected chi connectivity index (χ4v) is 5.02. The van der Waals surface area contributed by atoms with Gasteiger partial charge in [-0.05, 0) is 68.1 Å². The van der Waals surface area contributed by atoms with Crippen molar-refractivity contribution in [2.45, 2.75) is 103 Å². The minimum absolute atomic E-state index is 0.00235. The van der Waals surface area contributed by atoms with Gasteiger partial charge in [-0.25, -0.2) is 4.39 Å². The Labute approximate surface area is 177 Å². The first kappa shape index (κ1) is 22.7. The van der Waals surface area contributed by atoms with Gasteiger partial charge in [0.2, 0.25) is 0 Å². The summed E-state index contributed by atoms with van der Waals surface area (Å²) in [5.41, 5.74) is 2.06. The Kier molecular flexibility index (Phi) is 9.45. The van der Waals surface area contributed by atoms with Gasteiger partial charge in [0.05, 0.1) is 13.2 Å². The van der Waals surface area contributed by atoms with E-state index in [1.165, 1.54) is 38.5 Å². The Hall–Kier alpha value is -0.930. The molecule has 1 saturated heterocycles. The Morgan fingerprint density at radius 3 is 2.24 bits per heavy atom. The van der Waals surface area contributed by atoms with Crippen LogP contribution in [0.4, 0.5) is 4.39 Å². The first-order valence-corrected chi connectivity index (χ1v) is 12.2. The smallest absolute Gasteiger partial charge is 0.160 e. The fraction of sp³-hybridized carbons (Fsp3) is 0.769. The molecule has 0 aromatic heterocycles.